The molecule has 1 radical (unpaired) electrons. The zero-order chi connectivity index (χ0) is 4.41. The fraction of sp³-hybridized carbons (Fsp3) is 0. The van der Waals surface area contributed by atoms with Crippen molar-refractivity contribution in [2.75, 3.05) is 0 Å². The Morgan fingerprint density at radius 1 is 1.83 bits per heavy atom. The van der Waals surface area contributed by atoms with E-state index in [4.69, 9.17) is 0 Å². The Morgan fingerprint density at radius 3 is 2.83 bits per heavy atom. The van der Waals surface area contributed by atoms with Crippen LogP contribution in [0.5, 0.6) is 0 Å². The first-order valence-electron chi connectivity index (χ1n) is 1.57. The molecule has 0 saturated heterocycles. The maximum absolute atomic E-state index is 3.64. The van der Waals surface area contributed by atoms with Gasteiger partial charge in [0.15, 0.2) is 0 Å². The highest BCUT2D eigenvalue weighted by Gasteiger charge is 1.84. The van der Waals surface area contributed by atoms with Crippen molar-refractivity contribution in [1.29, 1.82) is 0 Å². The molecule has 29 valence electrons. The van der Waals surface area contributed by atoms with Crippen molar-refractivity contribution in [3.63, 3.8) is 0 Å². The molecule has 0 atom stereocenters. The van der Waals surface area contributed by atoms with E-state index in [0.29, 0.717) is 5.82 Å². The van der Waals surface area contributed by atoms with E-state index in [2.05, 4.69) is 22.8 Å². The quantitative estimate of drug-likeness (QED) is 0.403. The Kier molecular flexibility index (Phi) is 0.572. The summed E-state index contributed by atoms with van der Waals surface area (Å²) < 4.78 is 0. The van der Waals surface area contributed by atoms with Gasteiger partial charge in [-0.2, -0.15) is 0 Å². The Bertz CT molecular complexity index is 108. The Balaban J connectivity index is 2.86. The van der Waals surface area contributed by atoms with Gasteiger partial charge in [-0.15, -0.1) is 0 Å². The standard InChI is InChI=1S/C4H3N2/c1-4-5-2-3-6-4/h2H,1H2. The number of aliphatic imine (C=N–C) groups is 2. The molecule has 1 rings (SSSR count). The van der Waals surface area contributed by atoms with Crippen LogP contribution in [0.4, 0.5) is 0 Å². The molecule has 0 aromatic carbocycles. The van der Waals surface area contributed by atoms with Crippen molar-refractivity contribution in [2.24, 2.45) is 9.98 Å². The van der Waals surface area contributed by atoms with Crippen LogP contribution in [-0.2, 0) is 0 Å². The minimum atomic E-state index is 0.537. The summed E-state index contributed by atoms with van der Waals surface area (Å²) in [4.78, 5) is 7.21. The van der Waals surface area contributed by atoms with Crippen molar-refractivity contribution in [3.05, 3.63) is 12.4 Å². The van der Waals surface area contributed by atoms with E-state index in [1.807, 2.05) is 0 Å². The van der Waals surface area contributed by atoms with E-state index < -0.39 is 0 Å². The number of rotatable bonds is 0. The summed E-state index contributed by atoms with van der Waals surface area (Å²) in [6, 6.07) is 0. The molecule has 0 aromatic rings. The zero-order valence-corrected chi connectivity index (χ0v) is 3.18. The second-order valence-corrected chi connectivity index (χ2v) is 0.915. The van der Waals surface area contributed by atoms with Gasteiger partial charge in [0.05, 0.1) is 6.21 Å². The fourth-order valence-corrected chi connectivity index (χ4v) is 0.236. The van der Waals surface area contributed by atoms with Gasteiger partial charge in [0.1, 0.15) is 12.0 Å². The third-order valence-electron chi connectivity index (χ3n) is 0.465. The van der Waals surface area contributed by atoms with E-state index in [9.17, 15) is 0 Å². The summed E-state index contributed by atoms with van der Waals surface area (Å²) in [5, 5.41) is 0. The average Bonchev–Trinajstić information content (AvgIpc) is 1.86. The highest BCUT2D eigenvalue weighted by Crippen LogP contribution is 1.94. The molecule has 1 aliphatic rings. The minimum absolute atomic E-state index is 0.537. The summed E-state index contributed by atoms with van der Waals surface area (Å²) >= 11 is 0. The summed E-state index contributed by atoms with van der Waals surface area (Å²) in [7, 11) is 0. The minimum Gasteiger partial charge on any atom is -0.235 e. The first-order valence-corrected chi connectivity index (χ1v) is 1.57. The lowest BCUT2D eigenvalue weighted by Crippen LogP contribution is -1.56. The van der Waals surface area contributed by atoms with Crippen molar-refractivity contribution in [1.82, 2.24) is 0 Å². The van der Waals surface area contributed by atoms with Crippen LogP contribution in [0, 0.1) is 0 Å². The van der Waals surface area contributed by atoms with E-state index in [0.717, 1.165) is 0 Å². The molecule has 0 spiro atoms. The van der Waals surface area contributed by atoms with Crippen LogP contribution in [-0.4, -0.2) is 12.4 Å². The van der Waals surface area contributed by atoms with Crippen LogP contribution in [0.2, 0.25) is 0 Å². The third-order valence-corrected chi connectivity index (χ3v) is 0.465. The topological polar surface area (TPSA) is 24.7 Å². The van der Waals surface area contributed by atoms with Crippen LogP contribution >= 0.6 is 0 Å². The molecule has 2 heteroatoms. The second-order valence-electron chi connectivity index (χ2n) is 0.915. The molecule has 0 N–H and O–H groups in total. The highest BCUT2D eigenvalue weighted by molar-refractivity contribution is 6.18. The van der Waals surface area contributed by atoms with Crippen LogP contribution in [0.3, 0.4) is 0 Å². The lowest BCUT2D eigenvalue weighted by molar-refractivity contribution is 1.31. The largest absolute Gasteiger partial charge is 0.235 e. The lowest BCUT2D eigenvalue weighted by Gasteiger charge is -1.70. The monoisotopic (exact) mass is 79.0 g/mol. The predicted molar refractivity (Wildman–Crippen MR) is 25.1 cm³/mol. The molecule has 6 heavy (non-hydrogen) atoms. The molecule has 1 aliphatic heterocycles. The zero-order valence-electron chi connectivity index (χ0n) is 3.18. The van der Waals surface area contributed by atoms with Crippen LogP contribution in [0.25, 0.3) is 0 Å². The summed E-state index contributed by atoms with van der Waals surface area (Å²) in [5.74, 6) is 0.537. The molecule has 0 bridgehead atoms. The smallest absolute Gasteiger partial charge is 0.145 e. The third kappa shape index (κ3) is 0.360. The first-order chi connectivity index (χ1) is 2.89. The highest BCUT2D eigenvalue weighted by atomic mass is 15.0. The lowest BCUT2D eigenvalue weighted by atomic mass is 10.9. The Morgan fingerprint density at radius 2 is 2.67 bits per heavy atom. The molecule has 0 fully saturated rings. The van der Waals surface area contributed by atoms with E-state index >= 15 is 0 Å². The Hall–Kier alpha value is -0.920. The Labute approximate surface area is 35.9 Å². The van der Waals surface area contributed by atoms with E-state index in [1.54, 1.807) is 0 Å². The molecular formula is C4H3N2. The average molecular weight is 79.1 g/mol. The van der Waals surface area contributed by atoms with Gasteiger partial charge in [0, 0.05) is 0 Å². The van der Waals surface area contributed by atoms with Crippen molar-refractivity contribution >= 4 is 12.4 Å². The normalized spacial score (nSPS) is 17.0. The maximum atomic E-state index is 3.64. The fourth-order valence-electron chi connectivity index (χ4n) is 0.236. The van der Waals surface area contributed by atoms with Gasteiger partial charge in [-0.3, -0.25) is 0 Å². The van der Waals surface area contributed by atoms with Gasteiger partial charge in [-0.1, -0.05) is 6.58 Å². The number of hydrogen-bond acceptors (Lipinski definition) is 2. The molecule has 2 nitrogen and oxygen atoms in total. The first kappa shape index (κ1) is 3.28. The van der Waals surface area contributed by atoms with Crippen molar-refractivity contribution in [3.8, 4) is 0 Å². The van der Waals surface area contributed by atoms with E-state index in [1.165, 1.54) is 6.21 Å². The second kappa shape index (κ2) is 1.05. The summed E-state index contributed by atoms with van der Waals surface area (Å²) in [6.07, 6.45) is 3.99. The van der Waals surface area contributed by atoms with Gasteiger partial charge in [-0.25, -0.2) is 9.98 Å². The molecule has 0 saturated carbocycles. The molecule has 1 heterocycles. The molecule has 0 unspecified atom stereocenters. The van der Waals surface area contributed by atoms with Gasteiger partial charge in [-0.05, 0) is 0 Å². The van der Waals surface area contributed by atoms with Gasteiger partial charge >= 0.3 is 0 Å². The molecule has 0 aromatic heterocycles. The molecule has 0 aliphatic carbocycles. The predicted octanol–water partition coefficient (Wildman–Crippen LogP) is 0.490. The molecule has 0 amide bonds. The van der Waals surface area contributed by atoms with Crippen molar-refractivity contribution < 1.29 is 0 Å². The van der Waals surface area contributed by atoms with Gasteiger partial charge in [0.25, 0.3) is 0 Å². The number of nitrogens with zero attached hydrogens (tertiary/aromatic N) is 2. The van der Waals surface area contributed by atoms with Crippen LogP contribution < -0.4 is 0 Å². The summed E-state index contributed by atoms with van der Waals surface area (Å²) in [5.41, 5.74) is 0. The van der Waals surface area contributed by atoms with Gasteiger partial charge < -0.3 is 0 Å². The number of hydrogen-bond donors (Lipinski definition) is 0. The van der Waals surface area contributed by atoms with Crippen molar-refractivity contribution in [2.45, 2.75) is 0 Å². The van der Waals surface area contributed by atoms with Crippen LogP contribution in [0.1, 0.15) is 0 Å². The molecular weight excluding hydrogens is 76.1 g/mol. The van der Waals surface area contributed by atoms with Crippen LogP contribution in [0.15, 0.2) is 22.4 Å². The van der Waals surface area contributed by atoms with E-state index in [-0.39, 0.29) is 0 Å². The van der Waals surface area contributed by atoms with Gasteiger partial charge in [0.2, 0.25) is 0 Å². The summed E-state index contributed by atoms with van der Waals surface area (Å²) in [6.45, 7) is 3.43. The SMILES string of the molecule is C=C1N=[C]C=N1. The maximum Gasteiger partial charge on any atom is 0.145 e.